The molecule has 2 unspecified atom stereocenters. The SMILES string of the molecule is CN(SON)c1c(S(=O)NCC(O)CN)ccc(-c2cccc3[nH]cnc23)c1/C(N)=N/NN.S. The molecule has 2 aromatic carbocycles. The lowest BCUT2D eigenvalue weighted by Crippen LogP contribution is -2.34. The fourth-order valence-corrected chi connectivity index (χ4v) is 4.82. The van der Waals surface area contributed by atoms with Gasteiger partial charge in [0, 0.05) is 25.7 Å². The first kappa shape index (κ1) is 27.8. The molecule has 2 atom stereocenters. The minimum atomic E-state index is -1.76. The zero-order valence-corrected chi connectivity index (χ0v) is 20.8. The number of anilines is 1. The van der Waals surface area contributed by atoms with Crippen LogP contribution in [-0.2, 0) is 15.3 Å². The first-order chi connectivity index (χ1) is 15.9. The van der Waals surface area contributed by atoms with E-state index in [1.807, 2.05) is 18.2 Å². The lowest BCUT2D eigenvalue weighted by atomic mass is 9.96. The Labute approximate surface area is 210 Å². The van der Waals surface area contributed by atoms with E-state index in [1.165, 1.54) is 0 Å². The number of aliphatic hydroxyl groups excluding tert-OH is 1. The van der Waals surface area contributed by atoms with Gasteiger partial charge in [-0.3, -0.25) is 4.31 Å². The molecule has 13 nitrogen and oxygen atoms in total. The van der Waals surface area contributed by atoms with E-state index in [0.717, 1.165) is 23.3 Å². The average molecular weight is 529 g/mol. The van der Waals surface area contributed by atoms with E-state index in [4.69, 9.17) is 27.5 Å². The fraction of sp³-hybridized carbons (Fsp3) is 0.222. The summed E-state index contributed by atoms with van der Waals surface area (Å²) in [6.07, 6.45) is 0.731. The van der Waals surface area contributed by atoms with E-state index in [1.54, 1.807) is 29.8 Å². The summed E-state index contributed by atoms with van der Waals surface area (Å²) in [4.78, 5) is 7.83. The van der Waals surface area contributed by atoms with Crippen molar-refractivity contribution in [3.63, 3.8) is 0 Å². The Morgan fingerprint density at radius 1 is 1.38 bits per heavy atom. The summed E-state index contributed by atoms with van der Waals surface area (Å²) in [7, 11) is -0.0964. The highest BCUT2D eigenvalue weighted by atomic mass is 32.2. The molecule has 3 rings (SSSR count). The number of nitrogens with two attached hydrogens (primary N) is 4. The summed E-state index contributed by atoms with van der Waals surface area (Å²) in [5.41, 5.74) is 17.7. The molecule has 0 fully saturated rings. The standard InChI is InChI=1S/C18H26N10O3S2.H2S/c1-28(32-31-22)17-14(33(30)25-8-10(29)7-19)6-5-11(15(17)18(20)26-27-21)12-3-2-4-13-16(12)24-9-23-13;/h2-6,9-10,25,27,29H,7-8,19,21-22H2,1H3,(H2,20,26)(H,23,24);1H2. The maximum Gasteiger partial charge on any atom is 0.154 e. The van der Waals surface area contributed by atoms with Gasteiger partial charge in [0.15, 0.2) is 5.84 Å². The first-order valence-electron chi connectivity index (χ1n) is 9.62. The third kappa shape index (κ3) is 5.98. The van der Waals surface area contributed by atoms with Gasteiger partial charge in [0.05, 0.1) is 39.6 Å². The number of benzene rings is 2. The van der Waals surface area contributed by atoms with Crippen molar-refractivity contribution in [2.45, 2.75) is 11.0 Å². The predicted molar refractivity (Wildman–Crippen MR) is 141 cm³/mol. The molecular weight excluding hydrogens is 500 g/mol. The number of hydrazone groups is 1. The highest BCUT2D eigenvalue weighted by molar-refractivity contribution is 7.96. The number of aliphatic hydroxyl groups is 1. The molecule has 34 heavy (non-hydrogen) atoms. The van der Waals surface area contributed by atoms with E-state index in [9.17, 15) is 9.32 Å². The number of fused-ring (bicyclic) bond motifs is 1. The molecule has 0 bridgehead atoms. The zero-order chi connectivity index (χ0) is 24.0. The Morgan fingerprint density at radius 2 is 2.15 bits per heavy atom. The molecule has 12 N–H and O–H groups in total. The van der Waals surface area contributed by atoms with Gasteiger partial charge in [-0.15, -0.1) is 5.10 Å². The van der Waals surface area contributed by atoms with Crippen LogP contribution in [0.15, 0.2) is 46.7 Å². The Kier molecular flexibility index (Phi) is 10.5. The summed E-state index contributed by atoms with van der Waals surface area (Å²) in [6, 6.07) is 9.09. The normalized spacial score (nSPS) is 13.4. The van der Waals surface area contributed by atoms with Crippen LogP contribution in [0, 0.1) is 0 Å². The predicted octanol–water partition coefficient (Wildman–Crippen LogP) is -0.752. The third-order valence-electron chi connectivity index (χ3n) is 4.71. The summed E-state index contributed by atoms with van der Waals surface area (Å²) in [5.74, 6) is 10.7. The van der Waals surface area contributed by atoms with Crippen LogP contribution in [-0.4, -0.2) is 51.4 Å². The maximum absolute atomic E-state index is 13.1. The molecule has 16 heteroatoms. The number of hydrogen-bond acceptors (Lipinski definition) is 11. The van der Waals surface area contributed by atoms with Gasteiger partial charge in [0.2, 0.25) is 0 Å². The number of imidazole rings is 1. The smallest absolute Gasteiger partial charge is 0.154 e. The second kappa shape index (κ2) is 12.9. The summed E-state index contributed by atoms with van der Waals surface area (Å²) in [5, 5.41) is 13.7. The summed E-state index contributed by atoms with van der Waals surface area (Å²) in [6.45, 7) is 0.0395. The second-order valence-electron chi connectivity index (χ2n) is 6.74. The van der Waals surface area contributed by atoms with E-state index in [-0.39, 0.29) is 32.4 Å². The number of aromatic amines is 1. The van der Waals surface area contributed by atoms with E-state index < -0.39 is 17.1 Å². The van der Waals surface area contributed by atoms with Gasteiger partial charge < -0.3 is 21.6 Å². The maximum atomic E-state index is 13.1. The van der Waals surface area contributed by atoms with Gasteiger partial charge in [0.25, 0.3) is 0 Å². The monoisotopic (exact) mass is 528 g/mol. The Morgan fingerprint density at radius 3 is 2.82 bits per heavy atom. The number of hydrazine groups is 1. The molecule has 1 heterocycles. The van der Waals surface area contributed by atoms with Crippen LogP contribution in [0.3, 0.4) is 0 Å². The second-order valence-corrected chi connectivity index (χ2v) is 8.90. The molecule has 0 spiro atoms. The number of nitrogens with zero attached hydrogens (tertiary/aromatic N) is 3. The number of nitrogens with one attached hydrogen (secondary N) is 3. The molecule has 0 radical (unpaired) electrons. The third-order valence-corrected chi connectivity index (χ3v) is 6.36. The Hall–Kier alpha value is -2.41. The van der Waals surface area contributed by atoms with Crippen molar-refractivity contribution in [3.05, 3.63) is 42.2 Å². The van der Waals surface area contributed by atoms with Crippen LogP contribution in [0.5, 0.6) is 0 Å². The Bertz CT molecular complexity index is 1160. The van der Waals surface area contributed by atoms with E-state index in [0.29, 0.717) is 27.2 Å². The van der Waals surface area contributed by atoms with Gasteiger partial charge in [-0.2, -0.15) is 13.5 Å². The molecule has 0 aliphatic heterocycles. The number of rotatable bonds is 11. The van der Waals surface area contributed by atoms with Crippen LogP contribution < -0.4 is 37.8 Å². The lowest BCUT2D eigenvalue weighted by molar-refractivity contribution is 0.187. The van der Waals surface area contributed by atoms with Crippen molar-refractivity contribution in [2.75, 3.05) is 24.4 Å². The lowest BCUT2D eigenvalue weighted by Gasteiger charge is -2.24. The highest BCUT2D eigenvalue weighted by Crippen LogP contribution is 2.39. The topological polar surface area (TPSA) is 219 Å². The molecule has 0 amide bonds. The van der Waals surface area contributed by atoms with Gasteiger partial charge in [-0.1, -0.05) is 18.2 Å². The van der Waals surface area contributed by atoms with Gasteiger partial charge in [-0.25, -0.2) is 35.5 Å². The summed E-state index contributed by atoms with van der Waals surface area (Å²) >= 11 is 0.799. The van der Waals surface area contributed by atoms with Crippen LogP contribution in [0.1, 0.15) is 5.56 Å². The number of para-hydroxylation sites is 1. The van der Waals surface area contributed by atoms with Gasteiger partial charge in [0.1, 0.15) is 23.2 Å². The van der Waals surface area contributed by atoms with Crippen LogP contribution >= 0.6 is 25.7 Å². The zero-order valence-electron chi connectivity index (χ0n) is 18.2. The first-order valence-corrected chi connectivity index (χ1v) is 11.5. The van der Waals surface area contributed by atoms with Crippen molar-refractivity contribution in [3.8, 4) is 11.1 Å². The highest BCUT2D eigenvalue weighted by Gasteiger charge is 2.26. The Balaban J connectivity index is 0.00000408. The molecular formula is C18H28N10O3S3. The van der Waals surface area contributed by atoms with Gasteiger partial charge >= 0.3 is 0 Å². The molecule has 0 aliphatic carbocycles. The molecule has 1 aromatic heterocycles. The fourth-order valence-electron chi connectivity index (χ4n) is 3.26. The van der Waals surface area contributed by atoms with Gasteiger partial charge in [-0.05, 0) is 17.7 Å². The number of H-pyrrole nitrogens is 1. The van der Waals surface area contributed by atoms with E-state index >= 15 is 0 Å². The number of amidine groups is 1. The molecule has 3 aromatic rings. The van der Waals surface area contributed by atoms with Crippen LogP contribution in [0.4, 0.5) is 5.69 Å². The summed E-state index contributed by atoms with van der Waals surface area (Å²) < 4.78 is 22.2. The minimum absolute atomic E-state index is 0. The van der Waals surface area contributed by atoms with Crippen LogP contribution in [0.25, 0.3) is 22.2 Å². The molecule has 0 saturated heterocycles. The van der Waals surface area contributed by atoms with E-state index in [2.05, 4.69) is 25.3 Å². The number of aromatic nitrogens is 2. The van der Waals surface area contributed by atoms with Crippen LogP contribution in [0.2, 0.25) is 0 Å². The number of hydrogen-bond donors (Lipinski definition) is 8. The molecule has 0 saturated carbocycles. The largest absolute Gasteiger partial charge is 0.390 e. The quantitative estimate of drug-likeness (QED) is 0.0386. The van der Waals surface area contributed by atoms with Crippen molar-refractivity contribution < 1.29 is 13.6 Å². The van der Waals surface area contributed by atoms with Crippen molar-refractivity contribution in [2.24, 2.45) is 28.3 Å². The van der Waals surface area contributed by atoms with Crippen molar-refractivity contribution >= 4 is 59.3 Å². The average Bonchev–Trinajstić information content (AvgIpc) is 3.30. The molecule has 0 aliphatic rings. The minimum Gasteiger partial charge on any atom is -0.390 e. The van der Waals surface area contributed by atoms with Crippen molar-refractivity contribution in [1.29, 1.82) is 0 Å². The van der Waals surface area contributed by atoms with Crippen molar-refractivity contribution in [1.82, 2.24) is 20.2 Å². The molecule has 186 valence electrons.